The molecular formula is C14H14N2O4. The summed E-state index contributed by atoms with van der Waals surface area (Å²) >= 11 is 0. The van der Waals surface area contributed by atoms with Gasteiger partial charge in [-0.3, -0.25) is 4.79 Å². The lowest BCUT2D eigenvalue weighted by Gasteiger charge is -2.05. The van der Waals surface area contributed by atoms with Gasteiger partial charge in [0.2, 0.25) is 5.78 Å². The molecule has 1 aromatic heterocycles. The van der Waals surface area contributed by atoms with Crippen LogP contribution in [0.4, 0.5) is 0 Å². The highest BCUT2D eigenvalue weighted by molar-refractivity contribution is 6.08. The van der Waals surface area contributed by atoms with Crippen LogP contribution >= 0.6 is 0 Å². The van der Waals surface area contributed by atoms with Gasteiger partial charge in [0.15, 0.2) is 0 Å². The SMILES string of the molecule is Cc1[nH]c(=O)[nH]c1C(=O)c1ccc(OCC2CO2)cc1. The summed E-state index contributed by atoms with van der Waals surface area (Å²) in [6, 6.07) is 6.82. The summed E-state index contributed by atoms with van der Waals surface area (Å²) in [6.45, 7) is 2.95. The zero-order valence-corrected chi connectivity index (χ0v) is 10.9. The maximum atomic E-state index is 12.2. The highest BCUT2D eigenvalue weighted by atomic mass is 16.6. The Kier molecular flexibility index (Phi) is 3.15. The number of hydrogen-bond donors (Lipinski definition) is 2. The first kappa shape index (κ1) is 12.7. The molecule has 6 heteroatoms. The van der Waals surface area contributed by atoms with Crippen molar-refractivity contribution in [2.45, 2.75) is 13.0 Å². The summed E-state index contributed by atoms with van der Waals surface area (Å²) in [6.07, 6.45) is 0.198. The lowest BCUT2D eigenvalue weighted by atomic mass is 10.1. The maximum Gasteiger partial charge on any atom is 0.323 e. The number of aryl methyl sites for hydroxylation is 1. The van der Waals surface area contributed by atoms with Crippen LogP contribution < -0.4 is 10.4 Å². The standard InChI is InChI=1S/C14H14N2O4/c1-8-12(16-14(18)15-8)13(17)9-2-4-10(5-3-9)19-6-11-7-20-11/h2-5,11H,6-7H2,1H3,(H2,15,16,18). The summed E-state index contributed by atoms with van der Waals surface area (Å²) in [7, 11) is 0. The van der Waals surface area contributed by atoms with Gasteiger partial charge in [-0.05, 0) is 31.2 Å². The summed E-state index contributed by atoms with van der Waals surface area (Å²) in [5.74, 6) is 0.467. The molecule has 0 radical (unpaired) electrons. The molecule has 0 spiro atoms. The van der Waals surface area contributed by atoms with Crippen LogP contribution in [-0.2, 0) is 4.74 Å². The van der Waals surface area contributed by atoms with Crippen molar-refractivity contribution in [1.82, 2.24) is 9.97 Å². The van der Waals surface area contributed by atoms with Crippen LogP contribution in [0.2, 0.25) is 0 Å². The highest BCUT2D eigenvalue weighted by Gasteiger charge is 2.23. The summed E-state index contributed by atoms with van der Waals surface area (Å²) < 4.78 is 10.5. The van der Waals surface area contributed by atoms with E-state index >= 15 is 0 Å². The molecule has 2 N–H and O–H groups in total. The number of H-pyrrole nitrogens is 2. The fraction of sp³-hybridized carbons (Fsp3) is 0.286. The number of imidazole rings is 1. The molecule has 2 heterocycles. The van der Waals surface area contributed by atoms with Crippen LogP contribution in [0.1, 0.15) is 21.7 Å². The normalized spacial score (nSPS) is 16.9. The predicted molar refractivity (Wildman–Crippen MR) is 71.3 cm³/mol. The van der Waals surface area contributed by atoms with Gasteiger partial charge < -0.3 is 19.4 Å². The number of aromatic nitrogens is 2. The molecule has 3 rings (SSSR count). The average molecular weight is 274 g/mol. The number of nitrogens with one attached hydrogen (secondary N) is 2. The quantitative estimate of drug-likeness (QED) is 0.629. The number of rotatable bonds is 5. The van der Waals surface area contributed by atoms with E-state index in [4.69, 9.17) is 9.47 Å². The van der Waals surface area contributed by atoms with Gasteiger partial charge in [-0.25, -0.2) is 4.79 Å². The van der Waals surface area contributed by atoms with Crippen molar-refractivity contribution in [2.75, 3.05) is 13.2 Å². The van der Waals surface area contributed by atoms with Crippen molar-refractivity contribution in [1.29, 1.82) is 0 Å². The molecule has 0 saturated carbocycles. The highest BCUT2D eigenvalue weighted by Crippen LogP contribution is 2.17. The zero-order valence-electron chi connectivity index (χ0n) is 10.9. The fourth-order valence-corrected chi connectivity index (χ4v) is 1.90. The number of benzene rings is 1. The van der Waals surface area contributed by atoms with Crippen LogP contribution in [0, 0.1) is 6.92 Å². The number of hydrogen-bond acceptors (Lipinski definition) is 4. The minimum Gasteiger partial charge on any atom is -0.491 e. The Morgan fingerprint density at radius 1 is 1.35 bits per heavy atom. The number of aromatic amines is 2. The lowest BCUT2D eigenvalue weighted by molar-refractivity contribution is 0.103. The number of carbonyl (C=O) groups excluding carboxylic acids is 1. The van der Waals surface area contributed by atoms with Crippen molar-refractivity contribution in [3.05, 3.63) is 51.7 Å². The fourth-order valence-electron chi connectivity index (χ4n) is 1.90. The Labute approximate surface area is 114 Å². The molecule has 1 fully saturated rings. The topological polar surface area (TPSA) is 87.5 Å². The van der Waals surface area contributed by atoms with Gasteiger partial charge in [0, 0.05) is 11.3 Å². The molecule has 1 saturated heterocycles. The van der Waals surface area contributed by atoms with Crippen molar-refractivity contribution in [2.24, 2.45) is 0 Å². The number of epoxide rings is 1. The minimum atomic E-state index is -0.379. The van der Waals surface area contributed by atoms with E-state index in [0.29, 0.717) is 23.6 Å². The van der Waals surface area contributed by atoms with Gasteiger partial charge >= 0.3 is 5.69 Å². The Morgan fingerprint density at radius 2 is 2.05 bits per heavy atom. The molecule has 1 aliphatic heterocycles. The molecule has 0 aliphatic carbocycles. The number of carbonyl (C=O) groups is 1. The molecule has 1 unspecified atom stereocenters. The van der Waals surface area contributed by atoms with Crippen molar-refractivity contribution >= 4 is 5.78 Å². The molecule has 6 nitrogen and oxygen atoms in total. The average Bonchev–Trinajstić information content (AvgIpc) is 3.21. The van der Waals surface area contributed by atoms with Crippen LogP contribution in [-0.4, -0.2) is 35.1 Å². The van der Waals surface area contributed by atoms with Gasteiger partial charge in [0.1, 0.15) is 24.2 Å². The van der Waals surface area contributed by atoms with E-state index in [0.717, 1.165) is 6.61 Å². The number of ether oxygens (including phenoxy) is 2. The van der Waals surface area contributed by atoms with E-state index < -0.39 is 0 Å². The molecule has 2 aromatic rings. The Hall–Kier alpha value is -2.34. The first-order chi connectivity index (χ1) is 9.63. The first-order valence-electron chi connectivity index (χ1n) is 6.31. The zero-order chi connectivity index (χ0) is 14.1. The molecule has 0 amide bonds. The third kappa shape index (κ3) is 2.65. The van der Waals surface area contributed by atoms with Gasteiger partial charge in [-0.1, -0.05) is 0 Å². The molecule has 1 aliphatic rings. The molecule has 0 bridgehead atoms. The van der Waals surface area contributed by atoms with Gasteiger partial charge in [0.25, 0.3) is 0 Å². The maximum absolute atomic E-state index is 12.2. The first-order valence-corrected chi connectivity index (χ1v) is 6.31. The monoisotopic (exact) mass is 274 g/mol. The molecule has 1 aromatic carbocycles. The second kappa shape index (κ2) is 4.97. The van der Waals surface area contributed by atoms with Crippen molar-refractivity contribution < 1.29 is 14.3 Å². The van der Waals surface area contributed by atoms with Crippen LogP contribution in [0.15, 0.2) is 29.1 Å². The molecule has 20 heavy (non-hydrogen) atoms. The van der Waals surface area contributed by atoms with E-state index in [9.17, 15) is 9.59 Å². The minimum absolute atomic E-state index is 0.198. The van der Waals surface area contributed by atoms with Gasteiger partial charge in [0.05, 0.1) is 6.61 Å². The predicted octanol–water partition coefficient (Wildman–Crippen LogP) is 1.02. The Morgan fingerprint density at radius 3 is 2.60 bits per heavy atom. The molecular weight excluding hydrogens is 260 g/mol. The largest absolute Gasteiger partial charge is 0.491 e. The van der Waals surface area contributed by atoms with Crippen LogP contribution in [0.3, 0.4) is 0 Å². The third-order valence-corrected chi connectivity index (χ3v) is 3.10. The van der Waals surface area contributed by atoms with Crippen molar-refractivity contribution in [3.63, 3.8) is 0 Å². The second-order valence-electron chi connectivity index (χ2n) is 4.70. The smallest absolute Gasteiger partial charge is 0.323 e. The summed E-state index contributed by atoms with van der Waals surface area (Å²) in [4.78, 5) is 28.4. The van der Waals surface area contributed by atoms with Gasteiger partial charge in [-0.15, -0.1) is 0 Å². The lowest BCUT2D eigenvalue weighted by Crippen LogP contribution is -2.07. The third-order valence-electron chi connectivity index (χ3n) is 3.10. The Balaban J connectivity index is 1.74. The van der Waals surface area contributed by atoms with E-state index in [1.54, 1.807) is 31.2 Å². The van der Waals surface area contributed by atoms with Gasteiger partial charge in [-0.2, -0.15) is 0 Å². The Bertz CT molecular complexity index is 680. The number of ketones is 1. The van der Waals surface area contributed by atoms with E-state index in [-0.39, 0.29) is 23.3 Å². The van der Waals surface area contributed by atoms with E-state index in [1.807, 2.05) is 0 Å². The molecule has 104 valence electrons. The molecule has 1 atom stereocenters. The van der Waals surface area contributed by atoms with Crippen molar-refractivity contribution in [3.8, 4) is 5.75 Å². The van der Waals surface area contributed by atoms with Crippen LogP contribution in [0.5, 0.6) is 5.75 Å². The van der Waals surface area contributed by atoms with E-state index in [2.05, 4.69) is 9.97 Å². The van der Waals surface area contributed by atoms with E-state index in [1.165, 1.54) is 0 Å². The summed E-state index contributed by atoms with van der Waals surface area (Å²) in [5.41, 5.74) is 0.940. The van der Waals surface area contributed by atoms with Crippen LogP contribution in [0.25, 0.3) is 0 Å². The second-order valence-corrected chi connectivity index (χ2v) is 4.70. The summed E-state index contributed by atoms with van der Waals surface area (Å²) in [5, 5.41) is 0.